The second-order valence-corrected chi connectivity index (χ2v) is 6.90. The first-order valence-corrected chi connectivity index (χ1v) is 9.56. The Kier molecular flexibility index (Phi) is 8.38. The van der Waals surface area contributed by atoms with Gasteiger partial charge in [-0.1, -0.05) is 12.1 Å². The summed E-state index contributed by atoms with van der Waals surface area (Å²) >= 11 is 0. The van der Waals surface area contributed by atoms with Gasteiger partial charge in [-0.05, 0) is 17.7 Å². The van der Waals surface area contributed by atoms with Crippen molar-refractivity contribution >= 4 is 23.9 Å². The molecule has 1 aromatic carbocycles. The van der Waals surface area contributed by atoms with Crippen LogP contribution in [-0.4, -0.2) is 62.0 Å². The molecule has 1 aromatic rings. The zero-order valence-corrected chi connectivity index (χ0v) is 18.0. The summed E-state index contributed by atoms with van der Waals surface area (Å²) in [6.07, 6.45) is -5.48. The lowest BCUT2D eigenvalue weighted by atomic mass is 9.90. The Morgan fingerprint density at radius 3 is 1.97 bits per heavy atom. The third-order valence-corrected chi connectivity index (χ3v) is 4.41. The van der Waals surface area contributed by atoms with Crippen LogP contribution in [0, 0.1) is 0 Å². The zero-order valence-electron chi connectivity index (χ0n) is 18.0. The summed E-state index contributed by atoms with van der Waals surface area (Å²) < 4.78 is 32.6. The molecule has 0 aliphatic carbocycles. The van der Waals surface area contributed by atoms with Crippen LogP contribution in [0.4, 0.5) is 0 Å². The quantitative estimate of drug-likeness (QED) is 0.457. The molecular formula is C21H26O10. The molecule has 0 spiro atoms. The molecule has 2 rings (SSSR count). The van der Waals surface area contributed by atoms with Gasteiger partial charge in [0.05, 0.1) is 7.11 Å². The third-order valence-electron chi connectivity index (χ3n) is 4.41. The molecule has 10 heteroatoms. The molecule has 0 aromatic heterocycles. The average molecular weight is 438 g/mol. The third kappa shape index (κ3) is 6.68. The molecule has 1 aliphatic rings. The number of benzene rings is 1. The van der Waals surface area contributed by atoms with E-state index in [1.165, 1.54) is 34.8 Å². The van der Waals surface area contributed by atoms with Crippen LogP contribution in [0.2, 0.25) is 0 Å². The van der Waals surface area contributed by atoms with Crippen molar-refractivity contribution in [3.63, 3.8) is 0 Å². The van der Waals surface area contributed by atoms with Crippen LogP contribution in [0.15, 0.2) is 24.3 Å². The SMILES string of the molecule is COc1cccc([C@H]2O[C@H](COC(C)=O)[C@H](OC(C)=O)[C@H](OC(C)=O)[C@H]2OC(C)=O)c1. The number of esters is 4. The Hall–Kier alpha value is -3.14. The largest absolute Gasteiger partial charge is 0.497 e. The van der Waals surface area contributed by atoms with Gasteiger partial charge in [0.2, 0.25) is 0 Å². The maximum atomic E-state index is 11.8. The minimum atomic E-state index is -1.21. The molecule has 1 saturated heterocycles. The van der Waals surface area contributed by atoms with Crippen molar-refractivity contribution in [2.75, 3.05) is 13.7 Å². The average Bonchev–Trinajstić information content (AvgIpc) is 2.68. The lowest BCUT2D eigenvalue weighted by Crippen LogP contribution is -2.59. The highest BCUT2D eigenvalue weighted by atomic mass is 16.7. The van der Waals surface area contributed by atoms with Crippen molar-refractivity contribution < 1.29 is 47.6 Å². The van der Waals surface area contributed by atoms with Gasteiger partial charge in [-0.2, -0.15) is 0 Å². The summed E-state index contributed by atoms with van der Waals surface area (Å²) in [5.74, 6) is -2.07. The zero-order chi connectivity index (χ0) is 23.1. The van der Waals surface area contributed by atoms with Crippen LogP contribution in [0.3, 0.4) is 0 Å². The smallest absolute Gasteiger partial charge is 0.303 e. The Balaban J connectivity index is 2.54. The van der Waals surface area contributed by atoms with Crippen LogP contribution >= 0.6 is 0 Å². The van der Waals surface area contributed by atoms with Gasteiger partial charge in [0.1, 0.15) is 24.6 Å². The number of ether oxygens (including phenoxy) is 6. The number of methoxy groups -OCH3 is 1. The van der Waals surface area contributed by atoms with E-state index in [2.05, 4.69) is 0 Å². The second-order valence-electron chi connectivity index (χ2n) is 6.90. The number of rotatable bonds is 7. The molecule has 0 amide bonds. The highest BCUT2D eigenvalue weighted by Gasteiger charge is 2.52. The van der Waals surface area contributed by atoms with E-state index in [4.69, 9.17) is 28.4 Å². The Morgan fingerprint density at radius 1 is 0.839 bits per heavy atom. The molecule has 10 nitrogen and oxygen atoms in total. The van der Waals surface area contributed by atoms with Gasteiger partial charge < -0.3 is 28.4 Å². The molecule has 0 radical (unpaired) electrons. The monoisotopic (exact) mass is 438 g/mol. The summed E-state index contributed by atoms with van der Waals surface area (Å²) in [5, 5.41) is 0. The van der Waals surface area contributed by atoms with Crippen molar-refractivity contribution in [2.24, 2.45) is 0 Å². The van der Waals surface area contributed by atoms with Gasteiger partial charge in [0.15, 0.2) is 18.3 Å². The summed E-state index contributed by atoms with van der Waals surface area (Å²) in [5.41, 5.74) is 0.553. The van der Waals surface area contributed by atoms with E-state index in [-0.39, 0.29) is 6.61 Å². The minimum Gasteiger partial charge on any atom is -0.497 e. The summed E-state index contributed by atoms with van der Waals surface area (Å²) in [7, 11) is 1.49. The highest BCUT2D eigenvalue weighted by molar-refractivity contribution is 5.68. The molecule has 0 unspecified atom stereocenters. The normalized spacial score (nSPS) is 25.1. The Labute approximate surface area is 179 Å². The van der Waals surface area contributed by atoms with Crippen molar-refractivity contribution in [1.29, 1.82) is 0 Å². The van der Waals surface area contributed by atoms with Gasteiger partial charge in [-0.25, -0.2) is 0 Å². The number of carbonyl (C=O) groups is 4. The molecule has 5 atom stereocenters. The predicted octanol–water partition coefficient (Wildman–Crippen LogP) is 1.49. The van der Waals surface area contributed by atoms with Crippen LogP contribution in [0.5, 0.6) is 5.75 Å². The molecule has 0 N–H and O–H groups in total. The number of carbonyl (C=O) groups excluding carboxylic acids is 4. The summed E-state index contributed by atoms with van der Waals surface area (Å²) in [4.78, 5) is 46.8. The molecular weight excluding hydrogens is 412 g/mol. The van der Waals surface area contributed by atoms with Gasteiger partial charge in [-0.3, -0.25) is 19.2 Å². The first kappa shape index (κ1) is 24.1. The number of hydrogen-bond donors (Lipinski definition) is 0. The lowest BCUT2D eigenvalue weighted by Gasteiger charge is -2.44. The molecule has 0 bridgehead atoms. The van der Waals surface area contributed by atoms with E-state index >= 15 is 0 Å². The molecule has 31 heavy (non-hydrogen) atoms. The molecule has 1 fully saturated rings. The van der Waals surface area contributed by atoms with E-state index in [0.29, 0.717) is 11.3 Å². The Bertz CT molecular complexity index is 820. The summed E-state index contributed by atoms with van der Waals surface area (Å²) in [6.45, 7) is 4.47. The number of hydrogen-bond acceptors (Lipinski definition) is 10. The van der Waals surface area contributed by atoms with E-state index in [1.54, 1.807) is 24.3 Å². The lowest BCUT2D eigenvalue weighted by molar-refractivity contribution is -0.254. The predicted molar refractivity (Wildman–Crippen MR) is 104 cm³/mol. The van der Waals surface area contributed by atoms with E-state index in [9.17, 15) is 19.2 Å². The van der Waals surface area contributed by atoms with Crippen LogP contribution in [0.25, 0.3) is 0 Å². The topological polar surface area (TPSA) is 124 Å². The second kappa shape index (κ2) is 10.8. The van der Waals surface area contributed by atoms with Gasteiger partial charge in [-0.15, -0.1) is 0 Å². The molecule has 1 aliphatic heterocycles. The fourth-order valence-electron chi connectivity index (χ4n) is 3.32. The molecule has 1 heterocycles. The van der Waals surface area contributed by atoms with E-state index in [0.717, 1.165) is 0 Å². The highest BCUT2D eigenvalue weighted by Crippen LogP contribution is 2.38. The fraction of sp³-hybridized carbons (Fsp3) is 0.524. The van der Waals surface area contributed by atoms with E-state index in [1.807, 2.05) is 0 Å². The maximum absolute atomic E-state index is 11.8. The van der Waals surface area contributed by atoms with Crippen LogP contribution in [0.1, 0.15) is 39.4 Å². The van der Waals surface area contributed by atoms with E-state index < -0.39 is 54.4 Å². The molecule has 0 saturated carbocycles. The van der Waals surface area contributed by atoms with Crippen molar-refractivity contribution in [3.8, 4) is 5.75 Å². The van der Waals surface area contributed by atoms with Crippen molar-refractivity contribution in [3.05, 3.63) is 29.8 Å². The van der Waals surface area contributed by atoms with Crippen molar-refractivity contribution in [2.45, 2.75) is 58.2 Å². The van der Waals surface area contributed by atoms with Gasteiger partial charge >= 0.3 is 23.9 Å². The maximum Gasteiger partial charge on any atom is 0.303 e. The fourth-order valence-corrected chi connectivity index (χ4v) is 3.32. The Morgan fingerprint density at radius 2 is 1.42 bits per heavy atom. The van der Waals surface area contributed by atoms with Crippen molar-refractivity contribution in [1.82, 2.24) is 0 Å². The van der Waals surface area contributed by atoms with Crippen LogP contribution < -0.4 is 4.74 Å². The van der Waals surface area contributed by atoms with Gasteiger partial charge in [0, 0.05) is 27.7 Å². The summed E-state index contributed by atoms with van der Waals surface area (Å²) in [6, 6.07) is 6.81. The minimum absolute atomic E-state index is 0.279. The van der Waals surface area contributed by atoms with Crippen LogP contribution in [-0.2, 0) is 42.9 Å². The first-order chi connectivity index (χ1) is 14.6. The first-order valence-electron chi connectivity index (χ1n) is 9.56. The standard InChI is InChI=1S/C21H26O10/c1-11(22)27-10-17-19(28-12(2)23)21(30-14(4)25)20(29-13(3)24)18(31-17)15-7-6-8-16(9-15)26-5/h6-9,17-21H,10H2,1-5H3/t17-,18-,19+,20+,21+/m1/s1. The molecule has 170 valence electrons. The van der Waals surface area contributed by atoms with Gasteiger partial charge in [0.25, 0.3) is 0 Å².